The first-order chi connectivity index (χ1) is 14.6. The molecule has 3 unspecified atom stereocenters. The van der Waals surface area contributed by atoms with Gasteiger partial charge in [-0.05, 0) is 54.7 Å². The molecule has 0 radical (unpaired) electrons. The van der Waals surface area contributed by atoms with Gasteiger partial charge < -0.3 is 10.8 Å². The van der Waals surface area contributed by atoms with Gasteiger partial charge in [0.1, 0.15) is 6.23 Å². The molecule has 1 heterocycles. The van der Waals surface area contributed by atoms with Gasteiger partial charge in [-0.2, -0.15) is 0 Å². The molecule has 0 bridgehead atoms. The summed E-state index contributed by atoms with van der Waals surface area (Å²) < 4.78 is 0. The number of hydrogen-bond acceptors (Lipinski definition) is 5. The van der Waals surface area contributed by atoms with E-state index in [-0.39, 0.29) is 30.4 Å². The van der Waals surface area contributed by atoms with Gasteiger partial charge in [0.05, 0.1) is 18.5 Å². The van der Waals surface area contributed by atoms with E-state index in [1.807, 2.05) is 64.1 Å². The standard InChI is InChI=1S/C24H31ClN4O2/c1-15(2)24(4)13-21(30)29(23(26)28-24)14-17-10-19(12-20(25)11-17)22(31)27-16(3)18-8-6-5-7-9-18/h5-12,15-16,22,27,31H,13-14H2,1-4H3,(H2,26,28). The molecule has 31 heavy (non-hydrogen) atoms. The molecule has 0 aliphatic carbocycles. The molecule has 1 aliphatic heterocycles. The minimum Gasteiger partial charge on any atom is -0.374 e. The van der Waals surface area contributed by atoms with Gasteiger partial charge in [-0.25, -0.2) is 4.99 Å². The van der Waals surface area contributed by atoms with E-state index in [2.05, 4.69) is 10.3 Å². The minimum atomic E-state index is -0.917. The summed E-state index contributed by atoms with van der Waals surface area (Å²) in [6.45, 7) is 8.25. The van der Waals surface area contributed by atoms with Crippen molar-refractivity contribution in [3.8, 4) is 0 Å². The third-order valence-corrected chi connectivity index (χ3v) is 6.26. The molecule has 0 fully saturated rings. The van der Waals surface area contributed by atoms with Crippen LogP contribution in [0.3, 0.4) is 0 Å². The number of benzene rings is 2. The Morgan fingerprint density at radius 2 is 1.87 bits per heavy atom. The molecule has 0 aromatic heterocycles. The van der Waals surface area contributed by atoms with Crippen molar-refractivity contribution in [3.63, 3.8) is 0 Å². The third-order valence-electron chi connectivity index (χ3n) is 6.04. The van der Waals surface area contributed by atoms with Gasteiger partial charge in [-0.1, -0.05) is 55.8 Å². The van der Waals surface area contributed by atoms with Crippen molar-refractivity contribution in [1.29, 1.82) is 0 Å². The Bertz CT molecular complexity index is 963. The number of aliphatic hydroxyl groups excluding tert-OH is 1. The molecule has 2 aromatic rings. The lowest BCUT2D eigenvalue weighted by Gasteiger charge is -2.37. The van der Waals surface area contributed by atoms with Crippen molar-refractivity contribution in [1.82, 2.24) is 10.2 Å². The Hall–Kier alpha value is -2.41. The number of halogens is 1. The van der Waals surface area contributed by atoms with Crippen LogP contribution < -0.4 is 11.1 Å². The van der Waals surface area contributed by atoms with E-state index in [4.69, 9.17) is 17.3 Å². The van der Waals surface area contributed by atoms with Gasteiger partial charge >= 0.3 is 0 Å². The summed E-state index contributed by atoms with van der Waals surface area (Å²) in [5, 5.41) is 14.4. The zero-order valence-corrected chi connectivity index (χ0v) is 19.2. The highest BCUT2D eigenvalue weighted by atomic mass is 35.5. The smallest absolute Gasteiger partial charge is 0.232 e. The third kappa shape index (κ3) is 5.45. The summed E-state index contributed by atoms with van der Waals surface area (Å²) in [5.41, 5.74) is 8.13. The Balaban J connectivity index is 1.77. The van der Waals surface area contributed by atoms with E-state index in [1.54, 1.807) is 12.1 Å². The SMILES string of the molecule is CC(NC(O)c1cc(Cl)cc(CN2C(=O)CC(C)(C(C)C)N=C2N)c1)c1ccccc1. The number of aliphatic hydroxyl groups is 1. The quantitative estimate of drug-likeness (QED) is 0.562. The van der Waals surface area contributed by atoms with Crippen LogP contribution in [0.4, 0.5) is 0 Å². The number of guanidine groups is 1. The lowest BCUT2D eigenvalue weighted by atomic mass is 9.84. The molecule has 4 N–H and O–H groups in total. The first-order valence-electron chi connectivity index (χ1n) is 10.5. The number of nitrogens with two attached hydrogens (primary N) is 1. The van der Waals surface area contributed by atoms with Crippen LogP contribution in [0.2, 0.25) is 5.02 Å². The fraction of sp³-hybridized carbons (Fsp3) is 0.417. The zero-order valence-electron chi connectivity index (χ0n) is 18.5. The highest BCUT2D eigenvalue weighted by Gasteiger charge is 2.38. The number of rotatable bonds is 7. The van der Waals surface area contributed by atoms with Gasteiger partial charge in [-0.15, -0.1) is 0 Å². The molecule has 1 aliphatic rings. The van der Waals surface area contributed by atoms with Crippen molar-refractivity contribution in [2.75, 3.05) is 0 Å². The first kappa shape index (κ1) is 23.3. The molecule has 1 amide bonds. The summed E-state index contributed by atoms with van der Waals surface area (Å²) in [7, 11) is 0. The molecule has 0 spiro atoms. The van der Waals surface area contributed by atoms with Crippen LogP contribution in [0.25, 0.3) is 0 Å². The largest absolute Gasteiger partial charge is 0.374 e. The maximum atomic E-state index is 12.8. The second-order valence-electron chi connectivity index (χ2n) is 8.73. The Morgan fingerprint density at radius 3 is 2.48 bits per heavy atom. The number of hydrogen-bond donors (Lipinski definition) is 3. The monoisotopic (exact) mass is 442 g/mol. The minimum absolute atomic E-state index is 0.0567. The van der Waals surface area contributed by atoms with Crippen LogP contribution in [0.1, 0.15) is 63.1 Å². The van der Waals surface area contributed by atoms with Gasteiger partial charge in [-0.3, -0.25) is 15.0 Å². The average molecular weight is 443 g/mol. The number of carbonyl (C=O) groups excluding carboxylic acids is 1. The number of amides is 1. The van der Waals surface area contributed by atoms with Gasteiger partial charge in [0.2, 0.25) is 5.91 Å². The number of nitrogens with one attached hydrogen (secondary N) is 1. The predicted molar refractivity (Wildman–Crippen MR) is 124 cm³/mol. The highest BCUT2D eigenvalue weighted by molar-refractivity contribution is 6.30. The second kappa shape index (κ2) is 9.39. The molecule has 3 atom stereocenters. The van der Waals surface area contributed by atoms with E-state index < -0.39 is 11.8 Å². The highest BCUT2D eigenvalue weighted by Crippen LogP contribution is 2.31. The molecular weight excluding hydrogens is 412 g/mol. The van der Waals surface area contributed by atoms with E-state index in [1.165, 1.54) is 4.90 Å². The zero-order chi connectivity index (χ0) is 22.8. The first-order valence-corrected chi connectivity index (χ1v) is 10.9. The van der Waals surface area contributed by atoms with Crippen LogP contribution in [0.15, 0.2) is 53.5 Å². The van der Waals surface area contributed by atoms with Gasteiger partial charge in [0.15, 0.2) is 5.96 Å². The summed E-state index contributed by atoms with van der Waals surface area (Å²) in [6, 6.07) is 15.1. The van der Waals surface area contributed by atoms with Crippen molar-refractivity contribution >= 4 is 23.5 Å². The van der Waals surface area contributed by atoms with Crippen molar-refractivity contribution < 1.29 is 9.90 Å². The maximum absolute atomic E-state index is 12.8. The fourth-order valence-corrected chi connectivity index (χ4v) is 3.94. The number of carbonyl (C=O) groups is 1. The fourth-order valence-electron chi connectivity index (χ4n) is 3.67. The summed E-state index contributed by atoms with van der Waals surface area (Å²) in [4.78, 5) is 18.9. The topological polar surface area (TPSA) is 91.0 Å². The molecule has 0 saturated carbocycles. The van der Waals surface area contributed by atoms with Gasteiger partial charge in [0, 0.05) is 11.1 Å². The predicted octanol–water partition coefficient (Wildman–Crippen LogP) is 4.14. The number of aliphatic imine (C=N–C) groups is 1. The summed E-state index contributed by atoms with van der Waals surface area (Å²) >= 11 is 6.32. The summed E-state index contributed by atoms with van der Waals surface area (Å²) in [6.07, 6.45) is -0.614. The van der Waals surface area contributed by atoms with Crippen LogP contribution in [0.5, 0.6) is 0 Å². The molecule has 2 aromatic carbocycles. The lowest BCUT2D eigenvalue weighted by molar-refractivity contribution is -0.130. The van der Waals surface area contributed by atoms with E-state index in [0.29, 0.717) is 17.0 Å². The molecule has 3 rings (SSSR count). The Labute approximate surface area is 189 Å². The van der Waals surface area contributed by atoms with Crippen LogP contribution in [-0.4, -0.2) is 27.4 Å². The molecular formula is C24H31ClN4O2. The van der Waals surface area contributed by atoms with E-state index >= 15 is 0 Å². The second-order valence-corrected chi connectivity index (χ2v) is 9.17. The van der Waals surface area contributed by atoms with Crippen LogP contribution in [0, 0.1) is 5.92 Å². The Kier molecular flexibility index (Phi) is 7.04. The normalized spacial score (nSPS) is 21.2. The van der Waals surface area contributed by atoms with Crippen molar-refractivity contribution in [2.24, 2.45) is 16.6 Å². The Morgan fingerprint density at radius 1 is 1.19 bits per heavy atom. The van der Waals surface area contributed by atoms with E-state index in [9.17, 15) is 9.90 Å². The van der Waals surface area contributed by atoms with E-state index in [0.717, 1.165) is 11.1 Å². The lowest BCUT2D eigenvalue weighted by Crippen LogP contribution is -2.51. The van der Waals surface area contributed by atoms with Crippen molar-refractivity contribution in [3.05, 3.63) is 70.2 Å². The van der Waals surface area contributed by atoms with Crippen molar-refractivity contribution in [2.45, 2.75) is 58.5 Å². The number of nitrogens with zero attached hydrogens (tertiary/aromatic N) is 2. The van der Waals surface area contributed by atoms with Crippen LogP contribution in [-0.2, 0) is 11.3 Å². The molecule has 7 heteroatoms. The molecule has 6 nitrogen and oxygen atoms in total. The van der Waals surface area contributed by atoms with Crippen LogP contribution >= 0.6 is 11.6 Å². The molecule has 166 valence electrons. The summed E-state index contributed by atoms with van der Waals surface area (Å²) in [5.74, 6) is 0.342. The molecule has 0 saturated heterocycles. The van der Waals surface area contributed by atoms with Gasteiger partial charge in [0.25, 0.3) is 0 Å². The maximum Gasteiger partial charge on any atom is 0.232 e. The average Bonchev–Trinajstić information content (AvgIpc) is 2.71.